The number of nitrogens with one attached hydrogen (secondary N) is 1. The highest BCUT2D eigenvalue weighted by Gasteiger charge is 2.12. The van der Waals surface area contributed by atoms with Gasteiger partial charge in [0.1, 0.15) is 5.01 Å². The third-order valence-electron chi connectivity index (χ3n) is 2.96. The molecule has 1 N–H and O–H groups in total. The summed E-state index contributed by atoms with van der Waals surface area (Å²) in [6, 6.07) is 2.06. The van der Waals surface area contributed by atoms with Gasteiger partial charge >= 0.3 is 0 Å². The van der Waals surface area contributed by atoms with Gasteiger partial charge in [0.25, 0.3) is 0 Å². The van der Waals surface area contributed by atoms with E-state index >= 15 is 0 Å². The highest BCUT2D eigenvalue weighted by Crippen LogP contribution is 2.18. The van der Waals surface area contributed by atoms with Gasteiger partial charge in [-0.15, -0.1) is 11.3 Å². The number of hydrogen-bond donors (Lipinski definition) is 1. The van der Waals surface area contributed by atoms with E-state index in [1.54, 1.807) is 11.3 Å². The van der Waals surface area contributed by atoms with Crippen molar-refractivity contribution < 1.29 is 0 Å². The predicted molar refractivity (Wildman–Crippen MR) is 79.5 cm³/mol. The van der Waals surface area contributed by atoms with Crippen LogP contribution in [0.5, 0.6) is 0 Å². The summed E-state index contributed by atoms with van der Waals surface area (Å²) in [5.41, 5.74) is 2.44. The lowest BCUT2D eigenvalue weighted by molar-refractivity contribution is 0.414. The molecule has 0 aliphatic rings. The van der Waals surface area contributed by atoms with Crippen LogP contribution in [-0.2, 0) is 13.1 Å². The molecule has 0 atom stereocenters. The van der Waals surface area contributed by atoms with Gasteiger partial charge in [-0.2, -0.15) is 5.10 Å². The number of rotatable bonds is 4. The van der Waals surface area contributed by atoms with Crippen LogP contribution in [0.3, 0.4) is 0 Å². The average molecular weight is 278 g/mol. The normalized spacial score (nSPS) is 12.1. The van der Waals surface area contributed by atoms with Gasteiger partial charge in [0, 0.05) is 23.2 Å². The van der Waals surface area contributed by atoms with Gasteiger partial charge in [-0.05, 0) is 40.7 Å². The molecule has 0 aliphatic carbocycles. The fourth-order valence-corrected chi connectivity index (χ4v) is 2.66. The predicted octanol–water partition coefficient (Wildman–Crippen LogP) is 2.89. The number of thiazole rings is 1. The Labute approximate surface area is 118 Å². The first-order valence-corrected chi connectivity index (χ1v) is 7.35. The molecule has 19 heavy (non-hydrogen) atoms. The zero-order valence-corrected chi connectivity index (χ0v) is 13.1. The molecule has 104 valence electrons. The van der Waals surface area contributed by atoms with E-state index in [1.807, 2.05) is 10.9 Å². The molecule has 0 saturated carbocycles. The zero-order valence-electron chi connectivity index (χ0n) is 12.3. The molecule has 0 amide bonds. The van der Waals surface area contributed by atoms with Crippen LogP contribution in [0.2, 0.25) is 0 Å². The van der Waals surface area contributed by atoms with Gasteiger partial charge in [-0.25, -0.2) is 4.98 Å². The lowest BCUT2D eigenvalue weighted by atomic mass is 10.1. The number of nitrogens with zero attached hydrogens (tertiary/aromatic N) is 3. The van der Waals surface area contributed by atoms with E-state index in [4.69, 9.17) is 0 Å². The summed E-state index contributed by atoms with van der Waals surface area (Å²) >= 11 is 1.75. The summed E-state index contributed by atoms with van der Waals surface area (Å²) in [5.74, 6) is 0. The summed E-state index contributed by atoms with van der Waals surface area (Å²) < 4.78 is 2.02. The highest BCUT2D eigenvalue weighted by molar-refractivity contribution is 7.11. The van der Waals surface area contributed by atoms with Crippen molar-refractivity contribution >= 4 is 11.3 Å². The van der Waals surface area contributed by atoms with E-state index < -0.39 is 0 Å². The first kappa shape index (κ1) is 14.2. The Kier molecular flexibility index (Phi) is 4.06. The van der Waals surface area contributed by atoms with Gasteiger partial charge in [0.15, 0.2) is 0 Å². The summed E-state index contributed by atoms with van der Waals surface area (Å²) in [6.07, 6.45) is 1.85. The maximum absolute atomic E-state index is 4.57. The summed E-state index contributed by atoms with van der Waals surface area (Å²) in [6.45, 7) is 12.3. The van der Waals surface area contributed by atoms with Crippen LogP contribution in [0.15, 0.2) is 12.3 Å². The second-order valence-electron chi connectivity index (χ2n) is 5.83. The standard InChI is InChI=1S/C14H22N4S/c1-10-11(2)19-13(17-10)9-18-12(6-7-16-18)8-15-14(3,4)5/h6-7,15H,8-9H2,1-5H3. The summed E-state index contributed by atoms with van der Waals surface area (Å²) in [7, 11) is 0. The molecule has 0 fully saturated rings. The van der Waals surface area contributed by atoms with Crippen molar-refractivity contribution in [2.24, 2.45) is 0 Å². The Balaban J connectivity index is 2.07. The molecule has 0 radical (unpaired) electrons. The van der Waals surface area contributed by atoms with Gasteiger partial charge < -0.3 is 5.32 Å². The maximum Gasteiger partial charge on any atom is 0.115 e. The van der Waals surface area contributed by atoms with Gasteiger partial charge in [0.05, 0.1) is 17.9 Å². The molecule has 5 heteroatoms. The lowest BCUT2D eigenvalue weighted by Crippen LogP contribution is -2.35. The number of hydrogen-bond acceptors (Lipinski definition) is 4. The van der Waals surface area contributed by atoms with Crippen LogP contribution in [0.1, 0.15) is 42.0 Å². The van der Waals surface area contributed by atoms with E-state index in [0.29, 0.717) is 0 Å². The highest BCUT2D eigenvalue weighted by atomic mass is 32.1. The van der Waals surface area contributed by atoms with E-state index in [-0.39, 0.29) is 5.54 Å². The van der Waals surface area contributed by atoms with Crippen LogP contribution < -0.4 is 5.32 Å². The van der Waals surface area contributed by atoms with E-state index in [0.717, 1.165) is 23.8 Å². The quantitative estimate of drug-likeness (QED) is 0.935. The minimum Gasteiger partial charge on any atom is -0.306 e. The lowest BCUT2D eigenvalue weighted by Gasteiger charge is -2.20. The van der Waals surface area contributed by atoms with Crippen molar-refractivity contribution in [3.05, 3.63) is 33.5 Å². The molecule has 2 aromatic rings. The largest absolute Gasteiger partial charge is 0.306 e. The van der Waals surface area contributed by atoms with Crippen molar-refractivity contribution in [1.29, 1.82) is 0 Å². The molecule has 0 unspecified atom stereocenters. The number of aryl methyl sites for hydroxylation is 2. The smallest absolute Gasteiger partial charge is 0.115 e. The third-order valence-corrected chi connectivity index (χ3v) is 4.02. The van der Waals surface area contributed by atoms with Crippen LogP contribution in [0.4, 0.5) is 0 Å². The summed E-state index contributed by atoms with van der Waals surface area (Å²) in [5, 5.41) is 9.00. The van der Waals surface area contributed by atoms with Crippen LogP contribution in [-0.4, -0.2) is 20.3 Å². The summed E-state index contributed by atoms with van der Waals surface area (Å²) in [4.78, 5) is 5.86. The van der Waals surface area contributed by atoms with Crippen LogP contribution in [0.25, 0.3) is 0 Å². The Bertz CT molecular complexity index is 529. The van der Waals surface area contributed by atoms with Crippen molar-refractivity contribution in [2.75, 3.05) is 0 Å². The van der Waals surface area contributed by atoms with E-state index in [2.05, 4.69) is 56.1 Å². The van der Waals surface area contributed by atoms with Crippen LogP contribution in [0, 0.1) is 13.8 Å². The van der Waals surface area contributed by atoms with Crippen molar-refractivity contribution in [3.8, 4) is 0 Å². The van der Waals surface area contributed by atoms with E-state index in [9.17, 15) is 0 Å². The Morgan fingerprint density at radius 3 is 2.63 bits per heavy atom. The molecule has 2 aromatic heterocycles. The van der Waals surface area contributed by atoms with Crippen LogP contribution >= 0.6 is 11.3 Å². The van der Waals surface area contributed by atoms with Gasteiger partial charge in [0.2, 0.25) is 0 Å². The molecule has 0 saturated heterocycles. The monoisotopic (exact) mass is 278 g/mol. The van der Waals surface area contributed by atoms with Crippen molar-refractivity contribution in [2.45, 2.75) is 53.2 Å². The van der Waals surface area contributed by atoms with Gasteiger partial charge in [-0.3, -0.25) is 4.68 Å². The van der Waals surface area contributed by atoms with Crippen molar-refractivity contribution in [1.82, 2.24) is 20.1 Å². The Hall–Kier alpha value is -1.20. The molecule has 2 heterocycles. The molecule has 0 aromatic carbocycles. The molecule has 2 rings (SSSR count). The second-order valence-corrected chi connectivity index (χ2v) is 7.12. The Morgan fingerprint density at radius 1 is 1.32 bits per heavy atom. The molecule has 0 spiro atoms. The molecular weight excluding hydrogens is 256 g/mol. The fraction of sp³-hybridized carbons (Fsp3) is 0.571. The first-order valence-electron chi connectivity index (χ1n) is 6.54. The fourth-order valence-electron chi connectivity index (χ4n) is 1.74. The minimum absolute atomic E-state index is 0.115. The second kappa shape index (κ2) is 5.43. The average Bonchev–Trinajstić information content (AvgIpc) is 2.84. The minimum atomic E-state index is 0.115. The number of aromatic nitrogens is 3. The zero-order chi connectivity index (χ0) is 14.0. The molecule has 0 bridgehead atoms. The molecule has 4 nitrogen and oxygen atoms in total. The SMILES string of the molecule is Cc1nc(Cn2nccc2CNC(C)(C)C)sc1C. The topological polar surface area (TPSA) is 42.7 Å². The van der Waals surface area contributed by atoms with Gasteiger partial charge in [-0.1, -0.05) is 0 Å². The first-order chi connectivity index (χ1) is 8.85. The maximum atomic E-state index is 4.57. The third kappa shape index (κ3) is 3.88. The molecule has 0 aliphatic heterocycles. The van der Waals surface area contributed by atoms with E-state index in [1.165, 1.54) is 10.6 Å². The van der Waals surface area contributed by atoms with Crippen molar-refractivity contribution in [3.63, 3.8) is 0 Å². The Morgan fingerprint density at radius 2 is 2.05 bits per heavy atom. The molecular formula is C14H22N4S.